The van der Waals surface area contributed by atoms with E-state index in [0.717, 1.165) is 5.56 Å². The molecule has 0 aliphatic carbocycles. The molecule has 2 rings (SSSR count). The Balaban J connectivity index is 2.30. The summed E-state index contributed by atoms with van der Waals surface area (Å²) < 4.78 is 1.30. The Hall–Kier alpha value is -2.89. The van der Waals surface area contributed by atoms with Crippen LogP contribution in [-0.4, -0.2) is 28.6 Å². The second-order valence-electron chi connectivity index (χ2n) is 5.19. The maximum atomic E-state index is 12.3. The minimum absolute atomic E-state index is 0.0325. The molecule has 0 fully saturated rings. The first-order chi connectivity index (χ1) is 10.9. The van der Waals surface area contributed by atoms with Crippen LogP contribution >= 0.6 is 0 Å². The number of pyridine rings is 1. The molecule has 0 spiro atoms. The van der Waals surface area contributed by atoms with Gasteiger partial charge in [-0.1, -0.05) is 12.1 Å². The number of nitrogens with one attached hydrogen (secondary N) is 1. The Morgan fingerprint density at radius 1 is 1.17 bits per heavy atom. The van der Waals surface area contributed by atoms with Crippen LogP contribution in [0.1, 0.15) is 27.9 Å². The van der Waals surface area contributed by atoms with E-state index in [1.54, 1.807) is 38.4 Å². The topological polar surface area (TPSA) is 88.4 Å². The highest BCUT2D eigenvalue weighted by Crippen LogP contribution is 2.11. The third-order valence-electron chi connectivity index (χ3n) is 3.65. The average Bonchev–Trinajstić information content (AvgIpc) is 2.53. The van der Waals surface area contributed by atoms with E-state index in [9.17, 15) is 14.4 Å². The van der Waals surface area contributed by atoms with E-state index in [0.29, 0.717) is 24.1 Å². The third-order valence-corrected chi connectivity index (χ3v) is 3.65. The van der Waals surface area contributed by atoms with Crippen molar-refractivity contribution in [3.05, 3.63) is 63.6 Å². The van der Waals surface area contributed by atoms with E-state index in [1.807, 2.05) is 12.1 Å². The summed E-state index contributed by atoms with van der Waals surface area (Å²) in [7, 11) is 1.59. The van der Waals surface area contributed by atoms with Crippen molar-refractivity contribution in [2.45, 2.75) is 19.8 Å². The molecule has 0 radical (unpaired) electrons. The van der Waals surface area contributed by atoms with Gasteiger partial charge in [0.05, 0.1) is 0 Å². The van der Waals surface area contributed by atoms with Gasteiger partial charge in [-0.05, 0) is 42.7 Å². The maximum absolute atomic E-state index is 12.3. The van der Waals surface area contributed by atoms with Crippen molar-refractivity contribution < 1.29 is 14.7 Å². The van der Waals surface area contributed by atoms with E-state index >= 15 is 0 Å². The summed E-state index contributed by atoms with van der Waals surface area (Å²) in [4.78, 5) is 34.7. The lowest BCUT2D eigenvalue weighted by molar-refractivity contribution is -0.120. The molecule has 23 heavy (non-hydrogen) atoms. The summed E-state index contributed by atoms with van der Waals surface area (Å²) in [6.07, 6.45) is 2.55. The Bertz CT molecular complexity index is 791. The van der Waals surface area contributed by atoms with Gasteiger partial charge in [-0.3, -0.25) is 14.2 Å². The van der Waals surface area contributed by atoms with Gasteiger partial charge in [0.2, 0.25) is 5.91 Å². The Morgan fingerprint density at radius 2 is 1.83 bits per heavy atom. The zero-order chi connectivity index (χ0) is 17.0. The van der Waals surface area contributed by atoms with Gasteiger partial charge in [0.1, 0.15) is 5.56 Å². The Labute approximate surface area is 133 Å². The number of hydrogen-bond acceptors (Lipinski definition) is 3. The minimum atomic E-state index is -1.23. The number of hydrogen-bond donors (Lipinski definition) is 2. The van der Waals surface area contributed by atoms with Crippen LogP contribution in [0.4, 0.5) is 0 Å². The largest absolute Gasteiger partial charge is 0.477 e. The molecule has 0 aliphatic heterocycles. The van der Waals surface area contributed by atoms with E-state index in [-0.39, 0.29) is 11.5 Å². The van der Waals surface area contributed by atoms with Crippen LogP contribution in [-0.2, 0) is 11.2 Å². The van der Waals surface area contributed by atoms with E-state index in [1.165, 1.54) is 4.57 Å². The van der Waals surface area contributed by atoms with Crippen LogP contribution in [0, 0.1) is 6.92 Å². The highest BCUT2D eigenvalue weighted by molar-refractivity contribution is 5.88. The van der Waals surface area contributed by atoms with Gasteiger partial charge in [0.25, 0.3) is 5.56 Å². The number of carbonyl (C=O) groups is 2. The van der Waals surface area contributed by atoms with Crippen molar-refractivity contribution in [3.63, 3.8) is 0 Å². The van der Waals surface area contributed by atoms with Crippen LogP contribution < -0.4 is 10.9 Å². The first kappa shape index (κ1) is 16.5. The number of carbonyl (C=O) groups excluding carboxylic acids is 1. The first-order valence-electron chi connectivity index (χ1n) is 7.19. The summed E-state index contributed by atoms with van der Waals surface area (Å²) in [5, 5.41) is 11.7. The second kappa shape index (κ2) is 6.91. The number of aromatic carboxylic acids is 1. The van der Waals surface area contributed by atoms with Crippen molar-refractivity contribution in [1.29, 1.82) is 0 Å². The summed E-state index contributed by atoms with van der Waals surface area (Å²) in [5.41, 5.74) is 1.20. The summed E-state index contributed by atoms with van der Waals surface area (Å²) in [5.74, 6) is -1.26. The summed E-state index contributed by atoms with van der Waals surface area (Å²) in [6.45, 7) is 1.59. The molecular formula is C17H18N2O4. The fraction of sp³-hybridized carbons (Fsp3) is 0.235. The third kappa shape index (κ3) is 3.66. The first-order valence-corrected chi connectivity index (χ1v) is 7.19. The number of aromatic nitrogens is 1. The van der Waals surface area contributed by atoms with E-state index < -0.39 is 11.5 Å². The van der Waals surface area contributed by atoms with Gasteiger partial charge in [0.15, 0.2) is 0 Å². The van der Waals surface area contributed by atoms with Gasteiger partial charge in [-0.15, -0.1) is 0 Å². The number of carboxylic acid groups (broad SMARTS) is 1. The number of carboxylic acids is 1. The average molecular weight is 314 g/mol. The van der Waals surface area contributed by atoms with Crippen LogP contribution in [0.5, 0.6) is 0 Å². The molecule has 0 saturated heterocycles. The van der Waals surface area contributed by atoms with Crippen molar-refractivity contribution in [3.8, 4) is 5.69 Å². The predicted molar refractivity (Wildman–Crippen MR) is 86.1 cm³/mol. The highest BCUT2D eigenvalue weighted by Gasteiger charge is 2.15. The molecule has 1 aromatic carbocycles. The number of amides is 1. The predicted octanol–water partition coefficient (Wildman–Crippen LogP) is 1.52. The highest BCUT2D eigenvalue weighted by atomic mass is 16.4. The molecule has 0 aliphatic rings. The molecule has 0 unspecified atom stereocenters. The quantitative estimate of drug-likeness (QED) is 0.876. The normalized spacial score (nSPS) is 10.3. The molecule has 1 heterocycles. The Kier molecular flexibility index (Phi) is 4.95. The number of aryl methyl sites for hydroxylation is 2. The monoisotopic (exact) mass is 314 g/mol. The van der Waals surface area contributed by atoms with Crippen LogP contribution in [0.2, 0.25) is 0 Å². The standard InChI is InChI=1S/C17H18N2O4/c1-11-9-10-19(16(21)15(11)17(22)23)13-6-3-12(4-7-13)5-8-14(20)18-2/h3-4,6-7,9-10H,5,8H2,1-2H3,(H,18,20)(H,22,23). The van der Waals surface area contributed by atoms with E-state index in [2.05, 4.69) is 5.32 Å². The number of benzene rings is 1. The van der Waals surface area contributed by atoms with Crippen molar-refractivity contribution in [1.82, 2.24) is 9.88 Å². The molecule has 1 amide bonds. The van der Waals surface area contributed by atoms with Crippen molar-refractivity contribution in [2.24, 2.45) is 0 Å². The van der Waals surface area contributed by atoms with E-state index in [4.69, 9.17) is 5.11 Å². The van der Waals surface area contributed by atoms with Gasteiger partial charge < -0.3 is 10.4 Å². The molecule has 1 aromatic heterocycles. The number of rotatable bonds is 5. The molecule has 6 heteroatoms. The SMILES string of the molecule is CNC(=O)CCc1ccc(-n2ccc(C)c(C(=O)O)c2=O)cc1. The zero-order valence-electron chi connectivity index (χ0n) is 13.0. The van der Waals surface area contributed by atoms with Gasteiger partial charge in [0, 0.05) is 25.4 Å². The fourth-order valence-electron chi connectivity index (χ4n) is 2.30. The minimum Gasteiger partial charge on any atom is -0.477 e. The molecule has 0 saturated carbocycles. The molecule has 2 aromatic rings. The van der Waals surface area contributed by atoms with Crippen molar-refractivity contribution in [2.75, 3.05) is 7.05 Å². The second-order valence-corrected chi connectivity index (χ2v) is 5.19. The number of nitrogens with zero attached hydrogens (tertiary/aromatic N) is 1. The molecule has 0 atom stereocenters. The summed E-state index contributed by atoms with van der Waals surface area (Å²) in [6, 6.07) is 8.73. The molecule has 6 nitrogen and oxygen atoms in total. The van der Waals surface area contributed by atoms with Crippen molar-refractivity contribution >= 4 is 11.9 Å². The van der Waals surface area contributed by atoms with Crippen LogP contribution in [0.3, 0.4) is 0 Å². The molecular weight excluding hydrogens is 296 g/mol. The molecule has 120 valence electrons. The van der Waals surface area contributed by atoms with Crippen LogP contribution in [0.15, 0.2) is 41.3 Å². The van der Waals surface area contributed by atoms with Gasteiger partial charge >= 0.3 is 5.97 Å². The van der Waals surface area contributed by atoms with Crippen LogP contribution in [0.25, 0.3) is 5.69 Å². The maximum Gasteiger partial charge on any atom is 0.341 e. The lowest BCUT2D eigenvalue weighted by Crippen LogP contribution is -2.26. The molecule has 0 bridgehead atoms. The summed E-state index contributed by atoms with van der Waals surface area (Å²) >= 11 is 0. The lowest BCUT2D eigenvalue weighted by atomic mass is 10.1. The van der Waals surface area contributed by atoms with Gasteiger partial charge in [-0.2, -0.15) is 0 Å². The Morgan fingerprint density at radius 3 is 2.39 bits per heavy atom. The fourth-order valence-corrected chi connectivity index (χ4v) is 2.30. The zero-order valence-corrected chi connectivity index (χ0v) is 13.0. The molecule has 2 N–H and O–H groups in total. The van der Waals surface area contributed by atoms with Gasteiger partial charge in [-0.25, -0.2) is 4.79 Å². The lowest BCUT2D eigenvalue weighted by Gasteiger charge is -2.09. The smallest absolute Gasteiger partial charge is 0.341 e.